The zero-order valence-corrected chi connectivity index (χ0v) is 11.2. The number of hydrogen-bond acceptors (Lipinski definition) is 2. The van der Waals surface area contributed by atoms with Crippen LogP contribution in [0.5, 0.6) is 0 Å². The molecule has 1 saturated heterocycles. The molecular formula is C12H11BrF2N2O. The summed E-state index contributed by atoms with van der Waals surface area (Å²) in [5.41, 5.74) is 1.36. The number of amides is 1. The molecule has 18 heavy (non-hydrogen) atoms. The number of hydrogen-bond donors (Lipinski definition) is 2. The van der Waals surface area contributed by atoms with Gasteiger partial charge in [0.25, 0.3) is 5.91 Å². The van der Waals surface area contributed by atoms with Crippen molar-refractivity contribution in [2.45, 2.75) is 6.92 Å². The van der Waals surface area contributed by atoms with Crippen molar-refractivity contribution in [3.63, 3.8) is 0 Å². The van der Waals surface area contributed by atoms with Crippen molar-refractivity contribution in [2.24, 2.45) is 0 Å². The van der Waals surface area contributed by atoms with Gasteiger partial charge in [-0.2, -0.15) is 0 Å². The van der Waals surface area contributed by atoms with Gasteiger partial charge in [-0.25, -0.2) is 8.78 Å². The molecule has 1 amide bonds. The van der Waals surface area contributed by atoms with Crippen molar-refractivity contribution < 1.29 is 13.6 Å². The van der Waals surface area contributed by atoms with E-state index >= 15 is 0 Å². The molecule has 0 bridgehead atoms. The van der Waals surface area contributed by atoms with Crippen molar-refractivity contribution in [1.29, 1.82) is 0 Å². The molecule has 3 nitrogen and oxygen atoms in total. The molecule has 0 radical (unpaired) electrons. The summed E-state index contributed by atoms with van der Waals surface area (Å²) in [6, 6.07) is 1.94. The highest BCUT2D eigenvalue weighted by Gasteiger charge is 2.17. The maximum Gasteiger partial charge on any atom is 0.251 e. The van der Waals surface area contributed by atoms with Crippen LogP contribution >= 0.6 is 15.9 Å². The number of benzene rings is 1. The van der Waals surface area contributed by atoms with E-state index in [1.165, 1.54) is 0 Å². The summed E-state index contributed by atoms with van der Waals surface area (Å²) in [6.45, 7) is 2.99. The van der Waals surface area contributed by atoms with Crippen molar-refractivity contribution in [3.05, 3.63) is 39.4 Å². The Hall–Kier alpha value is -1.27. The molecule has 0 saturated carbocycles. The zero-order chi connectivity index (χ0) is 13.3. The van der Waals surface area contributed by atoms with Gasteiger partial charge in [-0.3, -0.25) is 4.79 Å². The maximum absolute atomic E-state index is 13.5. The minimum absolute atomic E-state index is 0.0243. The maximum atomic E-state index is 13.5. The fourth-order valence-corrected chi connectivity index (χ4v) is 1.83. The number of carbonyl (C=O) groups excluding carboxylic acids is 1. The molecule has 1 aliphatic rings. The largest absolute Gasteiger partial charge is 0.320 e. The average Bonchev–Trinajstić information content (AvgIpc) is 2.23. The Labute approximate surface area is 111 Å². The van der Waals surface area contributed by atoms with Gasteiger partial charge in [0, 0.05) is 24.7 Å². The SMILES string of the molecule is CC(C(=O)Nc1cc(F)c(Br)cc1F)=C1CNC1. The molecular weight excluding hydrogens is 306 g/mol. The number of anilines is 1. The van der Waals surface area contributed by atoms with Gasteiger partial charge in [-0.15, -0.1) is 0 Å². The zero-order valence-electron chi connectivity index (χ0n) is 9.61. The minimum atomic E-state index is -0.679. The lowest BCUT2D eigenvalue weighted by molar-refractivity contribution is -0.112. The smallest absolute Gasteiger partial charge is 0.251 e. The molecule has 2 rings (SSSR count). The third-order valence-corrected chi connectivity index (χ3v) is 3.41. The lowest BCUT2D eigenvalue weighted by Gasteiger charge is -2.21. The van der Waals surface area contributed by atoms with Crippen LogP contribution in [0, 0.1) is 11.6 Å². The lowest BCUT2D eigenvalue weighted by atomic mass is 10.0. The van der Waals surface area contributed by atoms with Crippen LogP contribution in [-0.4, -0.2) is 19.0 Å². The Kier molecular flexibility index (Phi) is 3.77. The predicted molar refractivity (Wildman–Crippen MR) is 68.3 cm³/mol. The fraction of sp³-hybridized carbons (Fsp3) is 0.250. The van der Waals surface area contributed by atoms with E-state index in [1.807, 2.05) is 0 Å². The molecule has 1 aromatic carbocycles. The number of rotatable bonds is 2. The highest BCUT2D eigenvalue weighted by Crippen LogP contribution is 2.24. The van der Waals surface area contributed by atoms with E-state index < -0.39 is 17.5 Å². The van der Waals surface area contributed by atoms with Crippen LogP contribution in [0.1, 0.15) is 6.92 Å². The molecule has 1 fully saturated rings. The summed E-state index contributed by atoms with van der Waals surface area (Å²) in [5, 5.41) is 5.38. The van der Waals surface area contributed by atoms with Crippen LogP contribution in [0.25, 0.3) is 0 Å². The Morgan fingerprint density at radius 2 is 2.00 bits per heavy atom. The first-order valence-electron chi connectivity index (χ1n) is 5.34. The van der Waals surface area contributed by atoms with Crippen molar-refractivity contribution in [3.8, 4) is 0 Å². The first kappa shape index (κ1) is 13.2. The second-order valence-electron chi connectivity index (χ2n) is 4.03. The molecule has 96 valence electrons. The van der Waals surface area contributed by atoms with Crippen LogP contribution < -0.4 is 10.6 Å². The normalized spacial score (nSPS) is 14.1. The average molecular weight is 317 g/mol. The van der Waals surface area contributed by atoms with Crippen LogP contribution in [0.2, 0.25) is 0 Å². The molecule has 1 aliphatic heterocycles. The van der Waals surface area contributed by atoms with Crippen LogP contribution in [0.3, 0.4) is 0 Å². The number of carbonyl (C=O) groups is 1. The van der Waals surface area contributed by atoms with E-state index in [0.29, 0.717) is 18.7 Å². The van der Waals surface area contributed by atoms with Gasteiger partial charge >= 0.3 is 0 Å². The van der Waals surface area contributed by atoms with E-state index in [9.17, 15) is 13.6 Å². The van der Waals surface area contributed by atoms with Gasteiger partial charge in [0.1, 0.15) is 11.6 Å². The number of halogens is 3. The topological polar surface area (TPSA) is 41.1 Å². The molecule has 1 aromatic rings. The van der Waals surface area contributed by atoms with E-state index in [1.54, 1.807) is 6.92 Å². The van der Waals surface area contributed by atoms with Crippen LogP contribution in [-0.2, 0) is 4.79 Å². The molecule has 0 aromatic heterocycles. The standard InChI is InChI=1S/C12H11BrF2N2O/c1-6(7-4-16-5-7)12(18)17-11-3-9(14)8(13)2-10(11)15/h2-3,16H,4-5H2,1H3,(H,17,18). The quantitative estimate of drug-likeness (QED) is 0.650. The Bertz CT molecular complexity index is 537. The second kappa shape index (κ2) is 5.16. The Morgan fingerprint density at radius 3 is 2.56 bits per heavy atom. The number of nitrogens with one attached hydrogen (secondary N) is 2. The van der Waals surface area contributed by atoms with Gasteiger partial charge < -0.3 is 10.6 Å². The summed E-state index contributed by atoms with van der Waals surface area (Å²) in [6.07, 6.45) is 0. The predicted octanol–water partition coefficient (Wildman–Crippen LogP) is 2.59. The first-order valence-corrected chi connectivity index (χ1v) is 6.13. The third-order valence-electron chi connectivity index (χ3n) is 2.81. The highest BCUT2D eigenvalue weighted by molar-refractivity contribution is 9.10. The minimum Gasteiger partial charge on any atom is -0.320 e. The van der Waals surface area contributed by atoms with Crippen LogP contribution in [0.4, 0.5) is 14.5 Å². The molecule has 0 atom stereocenters. The lowest BCUT2D eigenvalue weighted by Crippen LogP contribution is -2.36. The summed E-state index contributed by atoms with van der Waals surface area (Å²) >= 11 is 2.87. The molecule has 0 spiro atoms. The van der Waals surface area contributed by atoms with Gasteiger partial charge in [-0.05, 0) is 34.5 Å². The molecule has 2 N–H and O–H groups in total. The second-order valence-corrected chi connectivity index (χ2v) is 4.89. The molecule has 0 aliphatic carbocycles. The van der Waals surface area contributed by atoms with Gasteiger partial charge in [0.2, 0.25) is 0 Å². The van der Waals surface area contributed by atoms with Crippen molar-refractivity contribution in [1.82, 2.24) is 5.32 Å². The molecule has 0 unspecified atom stereocenters. The van der Waals surface area contributed by atoms with Crippen molar-refractivity contribution in [2.75, 3.05) is 18.4 Å². The monoisotopic (exact) mass is 316 g/mol. The van der Waals surface area contributed by atoms with E-state index in [2.05, 4.69) is 26.6 Å². The first-order chi connectivity index (χ1) is 8.49. The summed E-state index contributed by atoms with van der Waals surface area (Å²) in [5.74, 6) is -1.71. The summed E-state index contributed by atoms with van der Waals surface area (Å²) in [7, 11) is 0. The Balaban J connectivity index is 2.19. The van der Waals surface area contributed by atoms with E-state index in [-0.39, 0.29) is 10.2 Å². The van der Waals surface area contributed by atoms with Gasteiger partial charge in [-0.1, -0.05) is 0 Å². The fourth-order valence-electron chi connectivity index (χ4n) is 1.51. The third kappa shape index (κ3) is 2.59. The summed E-state index contributed by atoms with van der Waals surface area (Å²) in [4.78, 5) is 11.8. The van der Waals surface area contributed by atoms with Gasteiger partial charge in [0.05, 0.1) is 10.2 Å². The molecule has 6 heteroatoms. The Morgan fingerprint density at radius 1 is 1.33 bits per heavy atom. The van der Waals surface area contributed by atoms with Crippen LogP contribution in [0.15, 0.2) is 27.8 Å². The van der Waals surface area contributed by atoms with E-state index in [0.717, 1.165) is 17.7 Å². The van der Waals surface area contributed by atoms with Crippen molar-refractivity contribution >= 4 is 27.5 Å². The van der Waals surface area contributed by atoms with Gasteiger partial charge in [0.15, 0.2) is 0 Å². The molecule has 1 heterocycles. The van der Waals surface area contributed by atoms with E-state index in [4.69, 9.17) is 0 Å². The highest BCUT2D eigenvalue weighted by atomic mass is 79.9. The summed E-state index contributed by atoms with van der Waals surface area (Å²) < 4.78 is 26.8.